The predicted molar refractivity (Wildman–Crippen MR) is 62.3 cm³/mol. The minimum atomic E-state index is -2.40. The molecule has 0 aliphatic carbocycles. The van der Waals surface area contributed by atoms with Gasteiger partial charge in [-0.3, -0.25) is 0 Å². The van der Waals surface area contributed by atoms with E-state index in [2.05, 4.69) is 6.58 Å². The van der Waals surface area contributed by atoms with E-state index in [0.717, 1.165) is 19.8 Å². The number of ether oxygens (including phenoxy) is 1. The predicted octanol–water partition coefficient (Wildman–Crippen LogP) is 1.13. The lowest BCUT2D eigenvalue weighted by Gasteiger charge is -2.42. The van der Waals surface area contributed by atoms with Crippen LogP contribution in [0.5, 0.6) is 0 Å². The molecule has 3 aliphatic rings. The number of fused-ring (bicyclic) bond motifs is 3. The molecule has 96 valence electrons. The first-order chi connectivity index (χ1) is 8.11. The highest BCUT2D eigenvalue weighted by molar-refractivity contribution is 6.61. The van der Waals surface area contributed by atoms with E-state index >= 15 is 0 Å². The largest absolute Gasteiger partial charge is 0.501 e. The second-order valence-corrected chi connectivity index (χ2v) is 7.23. The molecular formula is C11H18O5Si. The molecule has 0 aromatic rings. The normalized spacial score (nSPS) is 31.2. The summed E-state index contributed by atoms with van der Waals surface area (Å²) < 4.78 is 22.0. The second kappa shape index (κ2) is 5.30. The lowest BCUT2D eigenvalue weighted by atomic mass is 10.2. The molecule has 3 rings (SSSR count). The average molecular weight is 258 g/mol. The summed E-state index contributed by atoms with van der Waals surface area (Å²) in [6.07, 6.45) is 0.704. The summed E-state index contributed by atoms with van der Waals surface area (Å²) in [6.45, 7) is 7.76. The summed E-state index contributed by atoms with van der Waals surface area (Å²) in [5.41, 5.74) is 0.419. The van der Waals surface area contributed by atoms with Crippen molar-refractivity contribution in [3.05, 3.63) is 12.2 Å². The van der Waals surface area contributed by atoms with E-state index in [-0.39, 0.29) is 5.97 Å². The van der Waals surface area contributed by atoms with Crippen molar-refractivity contribution < 1.29 is 22.8 Å². The van der Waals surface area contributed by atoms with Crippen molar-refractivity contribution in [2.24, 2.45) is 5.92 Å². The van der Waals surface area contributed by atoms with E-state index in [0.29, 0.717) is 30.6 Å². The van der Waals surface area contributed by atoms with E-state index in [1.807, 2.05) is 0 Å². The third kappa shape index (κ3) is 3.16. The van der Waals surface area contributed by atoms with Gasteiger partial charge in [0.05, 0.1) is 6.61 Å². The SMILES string of the molecule is C=C(C)C(=O)OCCC[Si]12OCC(CO1)CO2. The number of hydrogen-bond acceptors (Lipinski definition) is 5. The maximum absolute atomic E-state index is 11.1. The Hall–Kier alpha value is -0.693. The third-order valence-corrected chi connectivity index (χ3v) is 5.61. The highest BCUT2D eigenvalue weighted by Crippen LogP contribution is 2.30. The van der Waals surface area contributed by atoms with Gasteiger partial charge in [-0.2, -0.15) is 0 Å². The van der Waals surface area contributed by atoms with Gasteiger partial charge >= 0.3 is 14.8 Å². The highest BCUT2D eigenvalue weighted by Gasteiger charge is 2.49. The monoisotopic (exact) mass is 258 g/mol. The summed E-state index contributed by atoms with van der Waals surface area (Å²) in [4.78, 5) is 11.1. The molecule has 0 spiro atoms. The molecule has 6 heteroatoms. The number of esters is 1. The fourth-order valence-electron chi connectivity index (χ4n) is 1.80. The molecule has 0 aromatic carbocycles. The van der Waals surface area contributed by atoms with Crippen LogP contribution in [0.3, 0.4) is 0 Å². The number of rotatable bonds is 5. The number of carbonyl (C=O) groups excluding carboxylic acids is 1. The van der Waals surface area contributed by atoms with Crippen LogP contribution in [0.15, 0.2) is 12.2 Å². The van der Waals surface area contributed by atoms with Crippen molar-refractivity contribution in [3.63, 3.8) is 0 Å². The molecule has 0 atom stereocenters. The molecule has 3 aliphatic heterocycles. The van der Waals surface area contributed by atoms with E-state index < -0.39 is 8.80 Å². The van der Waals surface area contributed by atoms with Gasteiger partial charge < -0.3 is 18.0 Å². The van der Waals surface area contributed by atoms with E-state index in [1.54, 1.807) is 6.92 Å². The zero-order valence-electron chi connectivity index (χ0n) is 10.1. The maximum atomic E-state index is 11.1. The number of carbonyl (C=O) groups is 1. The first-order valence-electron chi connectivity index (χ1n) is 5.86. The minimum absolute atomic E-state index is 0.348. The van der Waals surface area contributed by atoms with Crippen molar-refractivity contribution in [2.45, 2.75) is 19.4 Å². The molecule has 3 fully saturated rings. The Morgan fingerprint density at radius 1 is 1.35 bits per heavy atom. The molecule has 0 saturated carbocycles. The van der Waals surface area contributed by atoms with Crippen LogP contribution in [-0.4, -0.2) is 41.2 Å². The standard InChI is InChI=1S/C11H18O5Si/c1-9(2)11(12)13-4-3-5-17-14-6-10(7-15-17)8-16-17/h10H,1,3-8H2,2H3. The Bertz CT molecular complexity index is 295. The Kier molecular flexibility index (Phi) is 3.98. The molecule has 5 nitrogen and oxygen atoms in total. The lowest BCUT2D eigenvalue weighted by molar-refractivity contribution is -0.139. The highest BCUT2D eigenvalue weighted by atomic mass is 28.4. The van der Waals surface area contributed by atoms with Gasteiger partial charge in [0.15, 0.2) is 0 Å². The fraction of sp³-hybridized carbons (Fsp3) is 0.727. The van der Waals surface area contributed by atoms with Crippen molar-refractivity contribution in [2.75, 3.05) is 26.4 Å². The molecule has 0 amide bonds. The van der Waals surface area contributed by atoms with E-state index in [9.17, 15) is 4.79 Å². The average Bonchev–Trinajstić information content (AvgIpc) is 2.36. The van der Waals surface area contributed by atoms with Crippen molar-refractivity contribution in [1.29, 1.82) is 0 Å². The van der Waals surface area contributed by atoms with Gasteiger partial charge in [0, 0.05) is 37.4 Å². The van der Waals surface area contributed by atoms with Crippen LogP contribution in [0.2, 0.25) is 6.04 Å². The van der Waals surface area contributed by atoms with Gasteiger partial charge in [-0.15, -0.1) is 0 Å². The summed E-state index contributed by atoms with van der Waals surface area (Å²) in [5.74, 6) is 0.0462. The van der Waals surface area contributed by atoms with E-state index in [4.69, 9.17) is 18.0 Å². The Balaban J connectivity index is 1.68. The van der Waals surface area contributed by atoms with Crippen LogP contribution in [0.25, 0.3) is 0 Å². The van der Waals surface area contributed by atoms with Gasteiger partial charge in [0.25, 0.3) is 0 Å². The van der Waals surface area contributed by atoms with Crippen LogP contribution in [0.1, 0.15) is 13.3 Å². The summed E-state index contributed by atoms with van der Waals surface area (Å²) >= 11 is 0. The molecule has 0 aromatic heterocycles. The van der Waals surface area contributed by atoms with Crippen LogP contribution in [-0.2, 0) is 22.8 Å². The molecule has 0 radical (unpaired) electrons. The Morgan fingerprint density at radius 3 is 2.47 bits per heavy atom. The third-order valence-electron chi connectivity index (χ3n) is 2.83. The Morgan fingerprint density at radius 2 is 1.94 bits per heavy atom. The summed E-state index contributed by atoms with van der Waals surface area (Å²) in [7, 11) is -2.40. The van der Waals surface area contributed by atoms with Gasteiger partial charge in [-0.25, -0.2) is 4.79 Å². The molecule has 0 unspecified atom stereocenters. The summed E-state index contributed by atoms with van der Waals surface area (Å²) in [6, 6.07) is 0.711. The smallest absolute Gasteiger partial charge is 0.462 e. The van der Waals surface area contributed by atoms with Crippen LogP contribution < -0.4 is 0 Å². The quantitative estimate of drug-likeness (QED) is 0.320. The number of hydrogen-bond donors (Lipinski definition) is 0. The fourth-order valence-corrected chi connectivity index (χ4v) is 4.53. The van der Waals surface area contributed by atoms with Crippen molar-refractivity contribution in [1.82, 2.24) is 0 Å². The second-order valence-electron chi connectivity index (χ2n) is 4.50. The lowest BCUT2D eigenvalue weighted by Crippen LogP contribution is -2.58. The van der Waals surface area contributed by atoms with Gasteiger partial charge in [-0.1, -0.05) is 6.58 Å². The molecule has 0 N–H and O–H groups in total. The van der Waals surface area contributed by atoms with Crippen LogP contribution in [0, 0.1) is 5.92 Å². The molecule has 3 saturated heterocycles. The zero-order valence-corrected chi connectivity index (χ0v) is 11.1. The molecule has 2 bridgehead atoms. The minimum Gasteiger partial charge on any atom is -0.462 e. The van der Waals surface area contributed by atoms with Gasteiger partial charge in [0.1, 0.15) is 0 Å². The first kappa shape index (κ1) is 12.8. The maximum Gasteiger partial charge on any atom is 0.501 e. The zero-order chi connectivity index (χ0) is 12.3. The van der Waals surface area contributed by atoms with Gasteiger partial charge in [-0.05, 0) is 13.3 Å². The van der Waals surface area contributed by atoms with Gasteiger partial charge in [0.2, 0.25) is 0 Å². The Labute approximate surface area is 102 Å². The van der Waals surface area contributed by atoms with Crippen LogP contribution >= 0.6 is 0 Å². The molecule has 17 heavy (non-hydrogen) atoms. The molecule has 3 heterocycles. The van der Waals surface area contributed by atoms with Crippen molar-refractivity contribution >= 4 is 14.8 Å². The first-order valence-corrected chi connectivity index (χ1v) is 7.79. The topological polar surface area (TPSA) is 54.0 Å². The molecular weight excluding hydrogens is 240 g/mol. The summed E-state index contributed by atoms with van der Waals surface area (Å²) in [5, 5.41) is 0. The van der Waals surface area contributed by atoms with Crippen LogP contribution in [0.4, 0.5) is 0 Å². The van der Waals surface area contributed by atoms with E-state index in [1.165, 1.54) is 0 Å². The van der Waals surface area contributed by atoms with Crippen molar-refractivity contribution in [3.8, 4) is 0 Å².